The molecule has 46 heavy (non-hydrogen) atoms. The van der Waals surface area contributed by atoms with Crippen LogP contribution in [-0.2, 0) is 20.4 Å². The molecule has 4 aromatic carbocycles. The maximum atomic E-state index is 12.2. The molecular formula is C40H43N2O4+. The largest absolute Gasteiger partial charge is 0.481 e. The highest BCUT2D eigenvalue weighted by Crippen LogP contribution is 2.56. The molecule has 0 bridgehead atoms. The predicted octanol–water partition coefficient (Wildman–Crippen LogP) is 8.32. The van der Waals surface area contributed by atoms with E-state index < -0.39 is 17.4 Å². The number of likely N-dealkylation sites (N-methyl/N-ethyl adjacent to an activating group) is 1. The van der Waals surface area contributed by atoms with Gasteiger partial charge in [-0.05, 0) is 72.5 Å². The molecule has 0 saturated heterocycles. The van der Waals surface area contributed by atoms with Gasteiger partial charge in [0, 0.05) is 29.3 Å². The number of quaternary nitrogens is 1. The van der Waals surface area contributed by atoms with Gasteiger partial charge in [-0.1, -0.05) is 86.3 Å². The van der Waals surface area contributed by atoms with Crippen molar-refractivity contribution in [3.63, 3.8) is 0 Å². The topological polar surface area (TPSA) is 77.8 Å². The number of fused-ring (bicyclic) bond motifs is 6. The van der Waals surface area contributed by atoms with Crippen LogP contribution in [0.15, 0.2) is 102 Å². The van der Waals surface area contributed by atoms with Gasteiger partial charge in [-0.25, -0.2) is 9.28 Å². The minimum atomic E-state index is -0.862. The van der Waals surface area contributed by atoms with Crippen molar-refractivity contribution < 1.29 is 19.8 Å². The fraction of sp³-hybridized carbons (Fsp3) is 0.325. The van der Waals surface area contributed by atoms with Crippen LogP contribution in [0, 0.1) is 0 Å². The number of allylic oxidation sites excluding steroid dienone is 2. The van der Waals surface area contributed by atoms with E-state index in [0.29, 0.717) is 13.0 Å². The zero-order chi connectivity index (χ0) is 33.1. The average Bonchev–Trinajstić information content (AvgIpc) is 3.28. The Hall–Kier alpha value is -4.64. The monoisotopic (exact) mass is 615 g/mol. The molecule has 2 aliphatic rings. The second kappa shape index (κ2) is 11.0. The lowest BCUT2D eigenvalue weighted by molar-refractivity contribution is -0.138. The van der Waals surface area contributed by atoms with Crippen LogP contribution in [0.3, 0.4) is 0 Å². The Bertz CT molecular complexity index is 2000. The number of nitrogens with zero attached hydrogens (tertiary/aromatic N) is 2. The quantitative estimate of drug-likeness (QED) is 0.118. The fourth-order valence-electron chi connectivity index (χ4n) is 8.39. The van der Waals surface area contributed by atoms with Gasteiger partial charge in [0.2, 0.25) is 0 Å². The zero-order valence-corrected chi connectivity index (χ0v) is 27.6. The zero-order valence-electron chi connectivity index (χ0n) is 27.6. The fourth-order valence-corrected chi connectivity index (χ4v) is 8.39. The lowest BCUT2D eigenvalue weighted by Crippen LogP contribution is -2.53. The Morgan fingerprint density at radius 3 is 2.07 bits per heavy atom. The molecule has 6 heteroatoms. The maximum Gasteiger partial charge on any atom is 0.360 e. The van der Waals surface area contributed by atoms with Crippen molar-refractivity contribution in [1.29, 1.82) is 0 Å². The number of hydrogen-bond donors (Lipinski definition) is 2. The summed E-state index contributed by atoms with van der Waals surface area (Å²) < 4.78 is 0.156. The van der Waals surface area contributed by atoms with E-state index >= 15 is 0 Å². The van der Waals surface area contributed by atoms with Crippen LogP contribution < -0.4 is 9.38 Å². The summed E-state index contributed by atoms with van der Waals surface area (Å²) in [4.78, 5) is 26.2. The van der Waals surface area contributed by atoms with Crippen molar-refractivity contribution in [3.05, 3.63) is 114 Å². The molecule has 0 aliphatic carbocycles. The predicted molar refractivity (Wildman–Crippen MR) is 188 cm³/mol. The van der Waals surface area contributed by atoms with Crippen molar-refractivity contribution in [3.8, 4) is 0 Å². The molecule has 2 atom stereocenters. The molecule has 0 radical (unpaired) electrons. The second-order valence-electron chi connectivity index (χ2n) is 14.2. The van der Waals surface area contributed by atoms with E-state index in [9.17, 15) is 19.8 Å². The van der Waals surface area contributed by atoms with E-state index in [1.54, 1.807) is 0 Å². The minimum absolute atomic E-state index is 0.0536. The first-order valence-electron chi connectivity index (χ1n) is 16.0. The molecule has 0 saturated carbocycles. The van der Waals surface area contributed by atoms with Gasteiger partial charge in [-0.15, -0.1) is 0 Å². The third-order valence-electron chi connectivity index (χ3n) is 10.9. The van der Waals surface area contributed by atoms with Crippen LogP contribution >= 0.6 is 0 Å². The molecular weight excluding hydrogens is 572 g/mol. The third kappa shape index (κ3) is 4.67. The van der Waals surface area contributed by atoms with Gasteiger partial charge in [-0.2, -0.15) is 0 Å². The number of hydrogen-bond acceptors (Lipinski definition) is 3. The molecule has 2 aliphatic heterocycles. The molecule has 236 valence electrons. The molecule has 2 heterocycles. The van der Waals surface area contributed by atoms with E-state index in [4.69, 9.17) is 0 Å². The number of carboxylic acid groups (broad SMARTS) is 2. The van der Waals surface area contributed by atoms with Crippen LogP contribution in [0.25, 0.3) is 21.5 Å². The van der Waals surface area contributed by atoms with Crippen LogP contribution in [0.2, 0.25) is 0 Å². The highest BCUT2D eigenvalue weighted by Gasteiger charge is 2.55. The van der Waals surface area contributed by atoms with Crippen molar-refractivity contribution in [2.24, 2.45) is 0 Å². The van der Waals surface area contributed by atoms with E-state index in [1.165, 1.54) is 16.3 Å². The standard InChI is InChI=1S/C40H42N2O4/c1-38(2)33(42(6,26-35(45)46)32-22-20-28-15-10-12-17-30(28)37(32)38)18-8-7-13-24-40(5)39(3,4)36-29-16-11-9-14-27(29)19-21-31(36)41(40)25-23-34(43)44/h7-17,19-22H,23-26H2,1-6H3,(H-,43,44,45,46)/p+1/b13-7+. The summed E-state index contributed by atoms with van der Waals surface area (Å²) in [5.74, 6) is -1.67. The SMILES string of the molecule is CC1(C)C(=C=C/C=C/CC2(C)N(CCC(=O)O)c3ccc4ccccc4c3C2(C)C)[N+](C)(CC(=O)O)c2ccc3ccccc3c21. The van der Waals surface area contributed by atoms with Gasteiger partial charge >= 0.3 is 11.9 Å². The average molecular weight is 616 g/mol. The van der Waals surface area contributed by atoms with Crippen molar-refractivity contribution in [2.75, 3.05) is 25.0 Å². The number of carbonyl (C=O) groups is 2. The summed E-state index contributed by atoms with van der Waals surface area (Å²) in [6.07, 6.45) is 6.80. The Balaban J connectivity index is 1.40. The van der Waals surface area contributed by atoms with Crippen molar-refractivity contribution in [1.82, 2.24) is 4.48 Å². The first-order chi connectivity index (χ1) is 21.7. The summed E-state index contributed by atoms with van der Waals surface area (Å²) in [5.41, 5.74) is 7.84. The Labute approximate surface area is 271 Å². The first kappa shape index (κ1) is 31.3. The van der Waals surface area contributed by atoms with Gasteiger partial charge in [-0.3, -0.25) is 4.79 Å². The Morgan fingerprint density at radius 1 is 0.826 bits per heavy atom. The van der Waals surface area contributed by atoms with Crippen molar-refractivity contribution in [2.45, 2.75) is 63.8 Å². The normalized spacial score (nSPS) is 22.7. The molecule has 2 unspecified atom stereocenters. The van der Waals surface area contributed by atoms with Gasteiger partial charge < -0.3 is 15.1 Å². The van der Waals surface area contributed by atoms with E-state index in [-0.39, 0.29) is 28.4 Å². The summed E-state index contributed by atoms with van der Waals surface area (Å²) >= 11 is 0. The number of rotatable bonds is 8. The molecule has 4 aromatic rings. The third-order valence-corrected chi connectivity index (χ3v) is 10.9. The lowest BCUT2D eigenvalue weighted by atomic mass is 9.68. The molecule has 0 amide bonds. The molecule has 2 N–H and O–H groups in total. The Kier molecular flexibility index (Phi) is 7.50. The maximum absolute atomic E-state index is 12.2. The van der Waals surface area contributed by atoms with Crippen LogP contribution in [0.4, 0.5) is 11.4 Å². The molecule has 0 spiro atoms. The summed E-state index contributed by atoms with van der Waals surface area (Å²) in [5, 5.41) is 24.3. The van der Waals surface area contributed by atoms with Crippen LogP contribution in [0.5, 0.6) is 0 Å². The van der Waals surface area contributed by atoms with Gasteiger partial charge in [0.15, 0.2) is 12.2 Å². The highest BCUT2D eigenvalue weighted by molar-refractivity contribution is 5.95. The number of benzene rings is 4. The summed E-state index contributed by atoms with van der Waals surface area (Å²) in [7, 11) is 1.97. The molecule has 0 aromatic heterocycles. The van der Waals surface area contributed by atoms with Crippen LogP contribution in [-0.4, -0.2) is 47.8 Å². The highest BCUT2D eigenvalue weighted by atomic mass is 16.4. The summed E-state index contributed by atoms with van der Waals surface area (Å²) in [6.45, 7) is 11.4. The van der Waals surface area contributed by atoms with Crippen molar-refractivity contribution >= 4 is 44.9 Å². The van der Waals surface area contributed by atoms with Gasteiger partial charge in [0.05, 0.1) is 24.4 Å². The first-order valence-corrected chi connectivity index (χ1v) is 16.0. The second-order valence-corrected chi connectivity index (χ2v) is 14.2. The van der Waals surface area contributed by atoms with E-state index in [0.717, 1.165) is 33.4 Å². The Morgan fingerprint density at radius 2 is 1.43 bits per heavy atom. The minimum Gasteiger partial charge on any atom is -0.481 e. The van der Waals surface area contributed by atoms with Gasteiger partial charge in [0.1, 0.15) is 5.69 Å². The van der Waals surface area contributed by atoms with Crippen LogP contribution in [0.1, 0.15) is 58.6 Å². The van der Waals surface area contributed by atoms with Gasteiger partial charge in [0.25, 0.3) is 0 Å². The molecule has 6 rings (SSSR count). The van der Waals surface area contributed by atoms with E-state index in [1.807, 2.05) is 31.3 Å². The number of anilines is 1. The molecule has 6 nitrogen and oxygen atoms in total. The van der Waals surface area contributed by atoms with E-state index in [2.05, 4.69) is 112 Å². The smallest absolute Gasteiger partial charge is 0.360 e. The number of carboxylic acids is 2. The lowest BCUT2D eigenvalue weighted by Gasteiger charge is -2.45. The summed E-state index contributed by atoms with van der Waals surface area (Å²) in [6, 6.07) is 25.1. The molecule has 0 fully saturated rings. The number of aliphatic carboxylic acids is 2.